The highest BCUT2D eigenvalue weighted by atomic mass is 16.1. The van der Waals surface area contributed by atoms with Gasteiger partial charge in [0.25, 0.3) is 5.91 Å². The van der Waals surface area contributed by atoms with Gasteiger partial charge < -0.3 is 10.6 Å². The van der Waals surface area contributed by atoms with Gasteiger partial charge in [-0.25, -0.2) is 0 Å². The average Bonchev–Trinajstić information content (AvgIpc) is 2.54. The molecule has 0 aliphatic carbocycles. The molecule has 0 fully saturated rings. The van der Waals surface area contributed by atoms with Crippen LogP contribution in [0.1, 0.15) is 35.8 Å². The van der Waals surface area contributed by atoms with Gasteiger partial charge in [0.05, 0.1) is 0 Å². The van der Waals surface area contributed by atoms with Gasteiger partial charge in [-0.1, -0.05) is 13.3 Å². The van der Waals surface area contributed by atoms with Gasteiger partial charge in [0.1, 0.15) is 5.82 Å². The lowest BCUT2D eigenvalue weighted by Crippen LogP contribution is -2.25. The smallest absolute Gasteiger partial charge is 0.271 e. The zero-order valence-corrected chi connectivity index (χ0v) is 12.0. The van der Waals surface area contributed by atoms with Gasteiger partial charge in [0, 0.05) is 25.5 Å². The number of carbonyl (C=O) groups is 1. The normalized spacial score (nSPS) is 10.1. The first-order valence-electron chi connectivity index (χ1n) is 7.04. The molecule has 0 aliphatic rings. The Bertz CT molecular complexity index is 556. The number of nitrogens with one attached hydrogen (secondary N) is 2. The molecule has 0 aromatic carbocycles. The fourth-order valence-corrected chi connectivity index (χ4v) is 1.71. The number of aromatic nitrogens is 3. The Morgan fingerprint density at radius 3 is 2.62 bits per heavy atom. The second kappa shape index (κ2) is 7.94. The van der Waals surface area contributed by atoms with Crippen molar-refractivity contribution in [2.75, 3.05) is 11.9 Å². The summed E-state index contributed by atoms with van der Waals surface area (Å²) in [5, 5.41) is 13.9. The standard InChI is InChI=1S/C15H19N5O/c1-2-3-8-17-15(21)13-4-5-14(20-19-13)18-11-12-6-9-16-10-7-12/h4-7,9-10H,2-3,8,11H2,1H3,(H,17,21)(H,18,20). The molecule has 0 saturated carbocycles. The first kappa shape index (κ1) is 14.9. The molecule has 6 nitrogen and oxygen atoms in total. The number of nitrogens with zero attached hydrogens (tertiary/aromatic N) is 3. The molecular weight excluding hydrogens is 266 g/mol. The third kappa shape index (κ3) is 4.83. The van der Waals surface area contributed by atoms with E-state index in [4.69, 9.17) is 0 Å². The van der Waals surface area contributed by atoms with Crippen LogP contribution in [0.3, 0.4) is 0 Å². The minimum Gasteiger partial charge on any atom is -0.365 e. The molecule has 21 heavy (non-hydrogen) atoms. The van der Waals surface area contributed by atoms with Crippen molar-refractivity contribution in [3.05, 3.63) is 47.9 Å². The van der Waals surface area contributed by atoms with Gasteiger partial charge in [0.2, 0.25) is 0 Å². The highest BCUT2D eigenvalue weighted by Gasteiger charge is 2.07. The van der Waals surface area contributed by atoms with E-state index in [0.717, 1.165) is 18.4 Å². The van der Waals surface area contributed by atoms with Crippen LogP contribution in [0.25, 0.3) is 0 Å². The minimum atomic E-state index is -0.184. The third-order valence-electron chi connectivity index (χ3n) is 2.94. The van der Waals surface area contributed by atoms with Gasteiger partial charge >= 0.3 is 0 Å². The van der Waals surface area contributed by atoms with Crippen LogP contribution in [0, 0.1) is 0 Å². The van der Waals surface area contributed by atoms with Crippen molar-refractivity contribution in [1.82, 2.24) is 20.5 Å². The predicted molar refractivity (Wildman–Crippen MR) is 80.8 cm³/mol. The predicted octanol–water partition coefficient (Wildman–Crippen LogP) is 2.01. The SMILES string of the molecule is CCCCNC(=O)c1ccc(NCc2ccncc2)nn1. The second-order valence-electron chi connectivity index (χ2n) is 4.62. The van der Waals surface area contributed by atoms with Crippen LogP contribution in [0.5, 0.6) is 0 Å². The second-order valence-corrected chi connectivity index (χ2v) is 4.62. The van der Waals surface area contributed by atoms with E-state index in [2.05, 4.69) is 32.7 Å². The summed E-state index contributed by atoms with van der Waals surface area (Å²) in [7, 11) is 0. The van der Waals surface area contributed by atoms with Crippen molar-refractivity contribution in [2.45, 2.75) is 26.3 Å². The van der Waals surface area contributed by atoms with E-state index >= 15 is 0 Å². The lowest BCUT2D eigenvalue weighted by atomic mass is 10.3. The van der Waals surface area contributed by atoms with E-state index < -0.39 is 0 Å². The van der Waals surface area contributed by atoms with E-state index in [1.165, 1.54) is 0 Å². The molecule has 2 heterocycles. The molecule has 0 atom stereocenters. The number of hydrogen-bond acceptors (Lipinski definition) is 5. The van der Waals surface area contributed by atoms with E-state index in [9.17, 15) is 4.79 Å². The Morgan fingerprint density at radius 2 is 1.95 bits per heavy atom. The van der Waals surface area contributed by atoms with Gasteiger partial charge in [-0.3, -0.25) is 9.78 Å². The van der Waals surface area contributed by atoms with Crippen molar-refractivity contribution in [3.63, 3.8) is 0 Å². The number of pyridine rings is 1. The van der Waals surface area contributed by atoms with Crippen LogP contribution in [0.15, 0.2) is 36.7 Å². The molecule has 0 unspecified atom stereocenters. The Hall–Kier alpha value is -2.50. The summed E-state index contributed by atoms with van der Waals surface area (Å²) in [6, 6.07) is 7.28. The number of unbranched alkanes of at least 4 members (excludes halogenated alkanes) is 1. The summed E-state index contributed by atoms with van der Waals surface area (Å²) in [5.74, 6) is 0.452. The summed E-state index contributed by atoms with van der Waals surface area (Å²) >= 11 is 0. The van der Waals surface area contributed by atoms with E-state index in [1.54, 1.807) is 24.5 Å². The molecule has 0 aliphatic heterocycles. The Kier molecular flexibility index (Phi) is 5.63. The van der Waals surface area contributed by atoms with Crippen LogP contribution in [-0.2, 0) is 6.54 Å². The first-order valence-corrected chi connectivity index (χ1v) is 7.04. The van der Waals surface area contributed by atoms with Crippen LogP contribution >= 0.6 is 0 Å². The molecule has 0 radical (unpaired) electrons. The molecule has 2 aromatic heterocycles. The fraction of sp³-hybridized carbons (Fsp3) is 0.333. The average molecular weight is 285 g/mol. The van der Waals surface area contributed by atoms with Gasteiger partial charge in [-0.2, -0.15) is 0 Å². The molecule has 0 bridgehead atoms. The van der Waals surface area contributed by atoms with Crippen molar-refractivity contribution < 1.29 is 4.79 Å². The largest absolute Gasteiger partial charge is 0.365 e. The maximum Gasteiger partial charge on any atom is 0.271 e. The zero-order chi connectivity index (χ0) is 14.9. The zero-order valence-electron chi connectivity index (χ0n) is 12.0. The highest BCUT2D eigenvalue weighted by Crippen LogP contribution is 2.05. The molecule has 6 heteroatoms. The molecule has 2 N–H and O–H groups in total. The summed E-state index contributed by atoms with van der Waals surface area (Å²) in [6.07, 6.45) is 5.49. The van der Waals surface area contributed by atoms with Crippen molar-refractivity contribution >= 4 is 11.7 Å². The molecule has 2 aromatic rings. The van der Waals surface area contributed by atoms with E-state index in [0.29, 0.717) is 24.6 Å². The first-order chi connectivity index (χ1) is 10.3. The van der Waals surface area contributed by atoms with Gasteiger partial charge in [0.15, 0.2) is 5.69 Å². The van der Waals surface area contributed by atoms with Crippen LogP contribution in [0.4, 0.5) is 5.82 Å². The molecule has 0 saturated heterocycles. The van der Waals surface area contributed by atoms with Crippen molar-refractivity contribution in [2.24, 2.45) is 0 Å². The fourth-order valence-electron chi connectivity index (χ4n) is 1.71. The minimum absolute atomic E-state index is 0.184. The number of anilines is 1. The topological polar surface area (TPSA) is 79.8 Å². The third-order valence-corrected chi connectivity index (χ3v) is 2.94. The summed E-state index contributed by atoms with van der Waals surface area (Å²) in [6.45, 7) is 3.38. The maximum absolute atomic E-state index is 11.8. The Labute approximate surface area is 124 Å². The Balaban J connectivity index is 1.85. The number of rotatable bonds is 7. The summed E-state index contributed by atoms with van der Waals surface area (Å²) in [4.78, 5) is 15.7. The molecule has 1 amide bonds. The van der Waals surface area contributed by atoms with Gasteiger partial charge in [-0.05, 0) is 36.2 Å². The number of amides is 1. The lowest BCUT2D eigenvalue weighted by Gasteiger charge is -2.06. The number of hydrogen-bond donors (Lipinski definition) is 2. The Morgan fingerprint density at radius 1 is 1.14 bits per heavy atom. The molecular formula is C15H19N5O. The molecule has 110 valence electrons. The highest BCUT2D eigenvalue weighted by molar-refractivity contribution is 5.92. The van der Waals surface area contributed by atoms with E-state index in [-0.39, 0.29) is 5.91 Å². The summed E-state index contributed by atoms with van der Waals surface area (Å²) < 4.78 is 0. The molecule has 0 spiro atoms. The van der Waals surface area contributed by atoms with Crippen LogP contribution < -0.4 is 10.6 Å². The van der Waals surface area contributed by atoms with Crippen LogP contribution in [0.2, 0.25) is 0 Å². The summed E-state index contributed by atoms with van der Waals surface area (Å²) in [5.41, 5.74) is 1.44. The van der Waals surface area contributed by atoms with Crippen LogP contribution in [-0.4, -0.2) is 27.6 Å². The lowest BCUT2D eigenvalue weighted by molar-refractivity contribution is 0.0947. The quantitative estimate of drug-likeness (QED) is 0.761. The van der Waals surface area contributed by atoms with E-state index in [1.807, 2.05) is 12.1 Å². The monoisotopic (exact) mass is 285 g/mol. The van der Waals surface area contributed by atoms with Crippen molar-refractivity contribution in [1.29, 1.82) is 0 Å². The molecule has 2 rings (SSSR count). The number of carbonyl (C=O) groups excluding carboxylic acids is 1. The van der Waals surface area contributed by atoms with Crippen molar-refractivity contribution in [3.8, 4) is 0 Å². The van der Waals surface area contributed by atoms with Gasteiger partial charge in [-0.15, -0.1) is 10.2 Å². The maximum atomic E-state index is 11.8.